The van der Waals surface area contributed by atoms with E-state index in [1.165, 1.54) is 0 Å². The van der Waals surface area contributed by atoms with E-state index in [1.807, 2.05) is 0 Å². The minimum absolute atomic E-state index is 0.0963. The quantitative estimate of drug-likeness (QED) is 0.830. The van der Waals surface area contributed by atoms with Gasteiger partial charge in [-0.2, -0.15) is 0 Å². The summed E-state index contributed by atoms with van der Waals surface area (Å²) in [7, 11) is 0. The predicted octanol–water partition coefficient (Wildman–Crippen LogP) is 1.33. The predicted molar refractivity (Wildman–Crippen MR) is 63.9 cm³/mol. The van der Waals surface area contributed by atoms with Gasteiger partial charge < -0.3 is 24.8 Å². The van der Waals surface area contributed by atoms with Gasteiger partial charge in [-0.1, -0.05) is 0 Å². The summed E-state index contributed by atoms with van der Waals surface area (Å²) in [5.41, 5.74) is 0.677. The van der Waals surface area contributed by atoms with Crippen molar-refractivity contribution in [2.24, 2.45) is 0 Å². The first-order chi connectivity index (χ1) is 8.81. The van der Waals surface area contributed by atoms with Crippen molar-refractivity contribution in [2.75, 3.05) is 25.3 Å². The Balaban J connectivity index is 1.60. The largest absolute Gasteiger partial charge is 0.454 e. The maximum absolute atomic E-state index is 11.7. The van der Waals surface area contributed by atoms with Gasteiger partial charge in [0, 0.05) is 18.4 Å². The van der Waals surface area contributed by atoms with Crippen molar-refractivity contribution >= 4 is 11.7 Å². The lowest BCUT2D eigenvalue weighted by molar-refractivity contribution is 0.174. The van der Waals surface area contributed by atoms with Crippen molar-refractivity contribution in [3.63, 3.8) is 0 Å². The average Bonchev–Trinajstić information content (AvgIpc) is 2.98. The van der Waals surface area contributed by atoms with Crippen LogP contribution in [0.1, 0.15) is 6.42 Å². The Labute approximate surface area is 104 Å². The Morgan fingerprint density at radius 3 is 3.00 bits per heavy atom. The molecule has 2 heterocycles. The van der Waals surface area contributed by atoms with Gasteiger partial charge in [-0.05, 0) is 18.6 Å². The fourth-order valence-corrected chi connectivity index (χ4v) is 1.98. The van der Waals surface area contributed by atoms with Crippen LogP contribution in [-0.4, -0.2) is 32.1 Å². The van der Waals surface area contributed by atoms with Crippen molar-refractivity contribution < 1.29 is 19.0 Å². The van der Waals surface area contributed by atoms with Crippen molar-refractivity contribution in [3.05, 3.63) is 18.2 Å². The summed E-state index contributed by atoms with van der Waals surface area (Å²) in [6.07, 6.45) is 0.856. The first-order valence-electron chi connectivity index (χ1n) is 5.86. The van der Waals surface area contributed by atoms with Crippen LogP contribution in [0.25, 0.3) is 0 Å². The molecule has 2 aliphatic heterocycles. The lowest BCUT2D eigenvalue weighted by Crippen LogP contribution is -2.38. The minimum atomic E-state index is -0.232. The van der Waals surface area contributed by atoms with Crippen molar-refractivity contribution in [1.29, 1.82) is 0 Å². The normalized spacial score (nSPS) is 20.8. The summed E-state index contributed by atoms with van der Waals surface area (Å²) in [4.78, 5) is 11.7. The van der Waals surface area contributed by atoms with E-state index in [9.17, 15) is 4.79 Å². The Kier molecular flexibility index (Phi) is 2.93. The van der Waals surface area contributed by atoms with Crippen molar-refractivity contribution in [2.45, 2.75) is 12.5 Å². The van der Waals surface area contributed by atoms with E-state index in [0.29, 0.717) is 30.4 Å². The number of anilines is 1. The van der Waals surface area contributed by atoms with Crippen LogP contribution in [0.15, 0.2) is 18.2 Å². The smallest absolute Gasteiger partial charge is 0.319 e. The van der Waals surface area contributed by atoms with Crippen LogP contribution in [0.4, 0.5) is 10.5 Å². The third-order valence-electron chi connectivity index (χ3n) is 2.90. The topological polar surface area (TPSA) is 68.8 Å². The van der Waals surface area contributed by atoms with E-state index in [1.54, 1.807) is 18.2 Å². The molecule has 0 aromatic heterocycles. The first-order valence-corrected chi connectivity index (χ1v) is 5.86. The molecular formula is C12H14N2O4. The minimum Gasteiger partial charge on any atom is -0.454 e. The molecule has 1 aromatic rings. The second-order valence-corrected chi connectivity index (χ2v) is 4.23. The van der Waals surface area contributed by atoms with Gasteiger partial charge in [-0.15, -0.1) is 0 Å². The summed E-state index contributed by atoms with van der Waals surface area (Å²) >= 11 is 0. The van der Waals surface area contributed by atoms with E-state index in [4.69, 9.17) is 14.2 Å². The molecule has 2 amide bonds. The first kappa shape index (κ1) is 11.2. The third kappa shape index (κ3) is 2.33. The number of carbonyl (C=O) groups is 1. The van der Waals surface area contributed by atoms with Crippen LogP contribution in [0.2, 0.25) is 0 Å². The number of fused-ring (bicyclic) bond motifs is 1. The molecule has 2 aliphatic rings. The standard InChI is InChI=1S/C12H14N2O4/c15-12(14-9-3-4-16-6-9)13-8-1-2-10-11(5-8)18-7-17-10/h1-2,5,9H,3-4,6-7H2,(H2,13,14,15). The zero-order chi connectivity index (χ0) is 12.4. The van der Waals surface area contributed by atoms with Crippen LogP contribution in [0.3, 0.4) is 0 Å². The van der Waals surface area contributed by atoms with Crippen LogP contribution in [-0.2, 0) is 4.74 Å². The van der Waals surface area contributed by atoms with E-state index in [-0.39, 0.29) is 18.9 Å². The fraction of sp³-hybridized carbons (Fsp3) is 0.417. The molecule has 1 atom stereocenters. The number of rotatable bonds is 2. The molecule has 1 fully saturated rings. The Morgan fingerprint density at radius 1 is 1.28 bits per heavy atom. The molecule has 0 spiro atoms. The van der Waals surface area contributed by atoms with Crippen LogP contribution >= 0.6 is 0 Å². The summed E-state index contributed by atoms with van der Waals surface area (Å²) < 4.78 is 15.6. The molecule has 1 unspecified atom stereocenters. The summed E-state index contributed by atoms with van der Waals surface area (Å²) in [5, 5.41) is 5.61. The van der Waals surface area contributed by atoms with Gasteiger partial charge in [0.25, 0.3) is 0 Å². The highest BCUT2D eigenvalue weighted by molar-refractivity contribution is 5.89. The molecule has 96 valence electrons. The number of ether oxygens (including phenoxy) is 3. The second kappa shape index (κ2) is 4.73. The second-order valence-electron chi connectivity index (χ2n) is 4.23. The maximum atomic E-state index is 11.7. The Morgan fingerprint density at radius 2 is 2.17 bits per heavy atom. The highest BCUT2D eigenvalue weighted by Gasteiger charge is 2.18. The molecule has 18 heavy (non-hydrogen) atoms. The van der Waals surface area contributed by atoms with Crippen molar-refractivity contribution in [1.82, 2.24) is 5.32 Å². The van der Waals surface area contributed by atoms with Crippen molar-refractivity contribution in [3.8, 4) is 11.5 Å². The number of amides is 2. The molecule has 6 heteroatoms. The van der Waals surface area contributed by atoms with Gasteiger partial charge in [-0.25, -0.2) is 4.79 Å². The van der Waals surface area contributed by atoms with Gasteiger partial charge in [0.2, 0.25) is 6.79 Å². The van der Waals surface area contributed by atoms with Crippen LogP contribution < -0.4 is 20.1 Å². The number of carbonyl (C=O) groups excluding carboxylic acids is 1. The maximum Gasteiger partial charge on any atom is 0.319 e. The summed E-state index contributed by atoms with van der Waals surface area (Å²) in [6.45, 7) is 1.51. The lowest BCUT2D eigenvalue weighted by atomic mass is 10.2. The fourth-order valence-electron chi connectivity index (χ4n) is 1.98. The Hall–Kier alpha value is -1.95. The van der Waals surface area contributed by atoms with Gasteiger partial charge >= 0.3 is 6.03 Å². The van der Waals surface area contributed by atoms with E-state index in [0.717, 1.165) is 6.42 Å². The molecule has 0 aliphatic carbocycles. The molecule has 0 radical (unpaired) electrons. The van der Waals surface area contributed by atoms with Gasteiger partial charge in [-0.3, -0.25) is 0 Å². The van der Waals surface area contributed by atoms with Gasteiger partial charge in [0.05, 0.1) is 12.6 Å². The summed E-state index contributed by atoms with van der Waals surface area (Å²) in [5.74, 6) is 1.35. The highest BCUT2D eigenvalue weighted by Crippen LogP contribution is 2.34. The van der Waals surface area contributed by atoms with E-state index >= 15 is 0 Å². The number of hydrogen-bond acceptors (Lipinski definition) is 4. The summed E-state index contributed by atoms with van der Waals surface area (Å²) in [6, 6.07) is 5.16. The zero-order valence-corrected chi connectivity index (χ0v) is 9.77. The molecule has 1 saturated heterocycles. The third-order valence-corrected chi connectivity index (χ3v) is 2.90. The average molecular weight is 250 g/mol. The zero-order valence-electron chi connectivity index (χ0n) is 9.77. The number of nitrogens with one attached hydrogen (secondary N) is 2. The molecule has 0 saturated carbocycles. The Bertz CT molecular complexity index is 457. The molecule has 1 aromatic carbocycles. The molecular weight excluding hydrogens is 236 g/mol. The molecule has 3 rings (SSSR count). The number of urea groups is 1. The number of benzene rings is 1. The van der Waals surface area contributed by atoms with Crippen LogP contribution in [0, 0.1) is 0 Å². The highest BCUT2D eigenvalue weighted by atomic mass is 16.7. The molecule has 0 bridgehead atoms. The van der Waals surface area contributed by atoms with Gasteiger partial charge in [0.15, 0.2) is 11.5 Å². The van der Waals surface area contributed by atoms with E-state index < -0.39 is 0 Å². The van der Waals surface area contributed by atoms with Crippen LogP contribution in [0.5, 0.6) is 11.5 Å². The van der Waals surface area contributed by atoms with Gasteiger partial charge in [0.1, 0.15) is 0 Å². The van der Waals surface area contributed by atoms with E-state index in [2.05, 4.69) is 10.6 Å². The molecule has 6 nitrogen and oxygen atoms in total. The SMILES string of the molecule is O=C(Nc1ccc2c(c1)OCO2)NC1CCOC1. The molecule has 2 N–H and O–H groups in total. The monoisotopic (exact) mass is 250 g/mol. The lowest BCUT2D eigenvalue weighted by Gasteiger charge is -2.12. The number of hydrogen-bond donors (Lipinski definition) is 2.